The summed E-state index contributed by atoms with van der Waals surface area (Å²) >= 11 is 0. The predicted molar refractivity (Wildman–Crippen MR) is 76.8 cm³/mol. The lowest BCUT2D eigenvalue weighted by molar-refractivity contribution is -0.264. The molecule has 2 nitrogen and oxygen atoms in total. The van der Waals surface area contributed by atoms with Crippen molar-refractivity contribution in [1.29, 1.82) is 0 Å². The Hall–Kier alpha value is -0.550. The first-order chi connectivity index (χ1) is 9.61. The molecule has 0 amide bonds. The van der Waals surface area contributed by atoms with Gasteiger partial charge in [0.25, 0.3) is 0 Å². The van der Waals surface area contributed by atoms with Crippen LogP contribution in [0.1, 0.15) is 46.0 Å². The third-order valence-corrected chi connectivity index (χ3v) is 5.33. The van der Waals surface area contributed by atoms with Crippen LogP contribution in [0.3, 0.4) is 0 Å². The molecule has 2 bridgehead atoms. The second-order valence-corrected chi connectivity index (χ2v) is 7.21. The van der Waals surface area contributed by atoms with Crippen LogP contribution in [0.25, 0.3) is 0 Å². The molecular weight excluding hydrogens is 279 g/mol. The molecule has 0 radical (unpaired) electrons. The fourth-order valence-corrected chi connectivity index (χ4v) is 3.97. The van der Waals surface area contributed by atoms with Gasteiger partial charge in [0, 0.05) is 12.6 Å². The Kier molecular flexibility index (Phi) is 4.74. The minimum absolute atomic E-state index is 0.303. The number of hydrogen-bond acceptors (Lipinski definition) is 2. The van der Waals surface area contributed by atoms with Gasteiger partial charge in [-0.15, -0.1) is 0 Å². The Morgan fingerprint density at radius 2 is 2.00 bits per heavy atom. The fourth-order valence-electron chi connectivity index (χ4n) is 3.97. The highest BCUT2D eigenvalue weighted by Gasteiger charge is 2.56. The van der Waals surface area contributed by atoms with Crippen molar-refractivity contribution in [3.63, 3.8) is 0 Å². The highest BCUT2D eigenvalue weighted by Crippen LogP contribution is 2.51. The molecule has 0 heterocycles. The Morgan fingerprint density at radius 3 is 2.43 bits per heavy atom. The lowest BCUT2D eigenvalue weighted by Crippen LogP contribution is -2.58. The molecule has 21 heavy (non-hydrogen) atoms. The molecule has 2 saturated carbocycles. The van der Waals surface area contributed by atoms with Crippen molar-refractivity contribution in [2.75, 3.05) is 6.54 Å². The number of fused-ring (bicyclic) bond motifs is 2. The van der Waals surface area contributed by atoms with E-state index in [2.05, 4.69) is 11.9 Å². The van der Waals surface area contributed by atoms with E-state index in [9.17, 15) is 18.3 Å². The Balaban J connectivity index is 2.06. The molecule has 5 heteroatoms. The maximum atomic E-state index is 13.2. The molecule has 0 aliphatic heterocycles. The zero-order valence-corrected chi connectivity index (χ0v) is 12.8. The third kappa shape index (κ3) is 3.62. The fraction of sp³-hybridized carbons (Fsp3) is 0.875. The molecule has 5 unspecified atom stereocenters. The Labute approximate surface area is 124 Å². The normalized spacial score (nSPS) is 33.0. The molecule has 0 spiro atoms. The quantitative estimate of drug-likeness (QED) is 0.734. The number of rotatable bonds is 6. The highest BCUT2D eigenvalue weighted by atomic mass is 19.4. The predicted octanol–water partition coefficient (Wildman–Crippen LogP) is 3.66. The van der Waals surface area contributed by atoms with Crippen LogP contribution in [-0.4, -0.2) is 29.5 Å². The zero-order chi connectivity index (χ0) is 15.8. The van der Waals surface area contributed by atoms with E-state index in [0.717, 1.165) is 31.8 Å². The minimum Gasteiger partial charge on any atom is -0.379 e. The van der Waals surface area contributed by atoms with Gasteiger partial charge in [-0.3, -0.25) is 0 Å². The van der Waals surface area contributed by atoms with Crippen molar-refractivity contribution in [1.82, 2.24) is 5.32 Å². The zero-order valence-electron chi connectivity index (χ0n) is 12.8. The van der Waals surface area contributed by atoms with Crippen molar-refractivity contribution >= 4 is 0 Å². The molecule has 2 fully saturated rings. The van der Waals surface area contributed by atoms with E-state index in [1.807, 2.05) is 0 Å². The Morgan fingerprint density at radius 1 is 1.33 bits per heavy atom. The maximum absolute atomic E-state index is 13.2. The second-order valence-electron chi connectivity index (χ2n) is 7.21. The number of hydrogen-bond donors (Lipinski definition) is 2. The molecule has 2 N–H and O–H groups in total. The number of aliphatic hydroxyl groups is 1. The van der Waals surface area contributed by atoms with Gasteiger partial charge in [0.15, 0.2) is 5.60 Å². The van der Waals surface area contributed by atoms with Gasteiger partial charge in [-0.25, -0.2) is 0 Å². The molecule has 0 aromatic heterocycles. The van der Waals surface area contributed by atoms with E-state index in [4.69, 9.17) is 0 Å². The van der Waals surface area contributed by atoms with Crippen LogP contribution >= 0.6 is 0 Å². The van der Waals surface area contributed by atoms with E-state index >= 15 is 0 Å². The first kappa shape index (κ1) is 16.8. The summed E-state index contributed by atoms with van der Waals surface area (Å²) in [5, 5.41) is 12.9. The summed E-state index contributed by atoms with van der Waals surface area (Å²) in [4.78, 5) is 0. The van der Waals surface area contributed by atoms with Crippen molar-refractivity contribution in [3.8, 4) is 0 Å². The molecule has 0 saturated heterocycles. The van der Waals surface area contributed by atoms with Gasteiger partial charge in [0.05, 0.1) is 0 Å². The summed E-state index contributed by atoms with van der Waals surface area (Å²) in [6, 6.07) is -0.974. The minimum atomic E-state index is -4.63. The topological polar surface area (TPSA) is 32.3 Å². The molecule has 2 aliphatic carbocycles. The van der Waals surface area contributed by atoms with E-state index in [1.54, 1.807) is 6.92 Å². The molecule has 0 aromatic carbocycles. The van der Waals surface area contributed by atoms with Crippen molar-refractivity contribution in [3.05, 3.63) is 12.2 Å². The highest BCUT2D eigenvalue weighted by molar-refractivity contribution is 5.01. The van der Waals surface area contributed by atoms with Gasteiger partial charge in [-0.05, 0) is 57.3 Å². The number of nitrogens with one attached hydrogen (secondary N) is 1. The number of halogens is 3. The summed E-state index contributed by atoms with van der Waals surface area (Å²) in [5.74, 6) is 1.55. The van der Waals surface area contributed by atoms with Crippen LogP contribution in [0.5, 0.6) is 0 Å². The SMILES string of the molecule is C=C(C)CNC(CC1CC2CCC1C2)C(C)(O)C(F)(F)F. The number of alkyl halides is 3. The smallest absolute Gasteiger partial charge is 0.379 e. The van der Waals surface area contributed by atoms with Gasteiger partial charge >= 0.3 is 6.18 Å². The largest absolute Gasteiger partial charge is 0.418 e. The van der Waals surface area contributed by atoms with Gasteiger partial charge < -0.3 is 10.4 Å². The molecule has 5 atom stereocenters. The monoisotopic (exact) mass is 305 g/mol. The van der Waals surface area contributed by atoms with E-state index in [1.165, 1.54) is 6.42 Å². The van der Waals surface area contributed by atoms with Crippen LogP contribution in [0.4, 0.5) is 13.2 Å². The molecule has 0 aromatic rings. The van der Waals surface area contributed by atoms with Crippen LogP contribution in [0, 0.1) is 17.8 Å². The van der Waals surface area contributed by atoms with E-state index < -0.39 is 17.8 Å². The molecule has 2 rings (SSSR count). The lowest BCUT2D eigenvalue weighted by Gasteiger charge is -2.38. The van der Waals surface area contributed by atoms with Crippen LogP contribution in [0.15, 0.2) is 12.2 Å². The third-order valence-electron chi connectivity index (χ3n) is 5.33. The summed E-state index contributed by atoms with van der Waals surface area (Å²) in [6.07, 6.45) is 0.297. The van der Waals surface area contributed by atoms with Crippen molar-refractivity contribution < 1.29 is 18.3 Å². The van der Waals surface area contributed by atoms with Crippen molar-refractivity contribution in [2.24, 2.45) is 17.8 Å². The summed E-state index contributed by atoms with van der Waals surface area (Å²) < 4.78 is 39.5. The van der Waals surface area contributed by atoms with Gasteiger partial charge in [-0.2, -0.15) is 13.2 Å². The molecule has 2 aliphatic rings. The van der Waals surface area contributed by atoms with Gasteiger partial charge in [0.1, 0.15) is 0 Å². The standard InChI is InChI=1S/C16H26F3NO/c1-10(2)9-20-14(15(3,21)16(17,18)19)8-13-7-11-4-5-12(13)6-11/h11-14,20-21H,1,4-9H2,2-3H3. The van der Waals surface area contributed by atoms with Crippen LogP contribution in [0.2, 0.25) is 0 Å². The lowest BCUT2D eigenvalue weighted by atomic mass is 9.80. The summed E-state index contributed by atoms with van der Waals surface area (Å²) in [5.41, 5.74) is -1.93. The van der Waals surface area contributed by atoms with E-state index in [0.29, 0.717) is 30.7 Å². The second kappa shape index (κ2) is 5.92. The average Bonchev–Trinajstić information content (AvgIpc) is 2.94. The first-order valence-corrected chi connectivity index (χ1v) is 7.78. The average molecular weight is 305 g/mol. The molecular formula is C16H26F3NO. The Bertz CT molecular complexity index is 391. The van der Waals surface area contributed by atoms with Gasteiger partial charge in [-0.1, -0.05) is 18.6 Å². The van der Waals surface area contributed by atoms with Crippen molar-refractivity contribution in [2.45, 2.75) is 63.8 Å². The van der Waals surface area contributed by atoms with Crippen LogP contribution in [-0.2, 0) is 0 Å². The summed E-state index contributed by atoms with van der Waals surface area (Å²) in [7, 11) is 0. The first-order valence-electron chi connectivity index (χ1n) is 7.78. The van der Waals surface area contributed by atoms with E-state index in [-0.39, 0.29) is 0 Å². The summed E-state index contributed by atoms with van der Waals surface area (Å²) in [6.45, 7) is 6.67. The van der Waals surface area contributed by atoms with Crippen LogP contribution < -0.4 is 5.32 Å². The maximum Gasteiger partial charge on any atom is 0.418 e. The molecule has 122 valence electrons. The van der Waals surface area contributed by atoms with Gasteiger partial charge in [0.2, 0.25) is 0 Å².